The van der Waals surface area contributed by atoms with E-state index in [2.05, 4.69) is 4.98 Å². The fraction of sp³-hybridized carbons (Fsp3) is 0.250. The number of aromatic nitrogens is 2. The molecule has 2 rings (SSSR count). The minimum Gasteiger partial charge on any atom is -0.480 e. The van der Waals surface area contributed by atoms with Gasteiger partial charge in [-0.3, -0.25) is 9.59 Å². The first-order chi connectivity index (χ1) is 10.9. The van der Waals surface area contributed by atoms with E-state index in [1.807, 2.05) is 0 Å². The quantitative estimate of drug-likeness (QED) is 0.719. The van der Waals surface area contributed by atoms with Gasteiger partial charge in [0.2, 0.25) is 10.0 Å². The van der Waals surface area contributed by atoms with E-state index in [4.69, 9.17) is 28.3 Å². The van der Waals surface area contributed by atoms with Gasteiger partial charge in [0.25, 0.3) is 0 Å². The van der Waals surface area contributed by atoms with E-state index in [9.17, 15) is 22.8 Å². The van der Waals surface area contributed by atoms with Gasteiger partial charge in [-0.15, -0.1) is 0 Å². The summed E-state index contributed by atoms with van der Waals surface area (Å²) < 4.78 is 24.9. The Morgan fingerprint density at radius 3 is 2.33 bits per heavy atom. The number of hydrogen-bond acceptors (Lipinski definition) is 5. The van der Waals surface area contributed by atoms with Crippen molar-refractivity contribution in [1.82, 2.24) is 9.66 Å². The highest BCUT2D eigenvalue weighted by Crippen LogP contribution is 2.26. The molecule has 9 nitrogen and oxygen atoms in total. The molecule has 1 atom stereocenters. The van der Waals surface area contributed by atoms with Gasteiger partial charge in [-0.25, -0.2) is 17.9 Å². The number of H-pyrrole nitrogens is 1. The molecule has 12 heteroatoms. The molecule has 0 radical (unpaired) electrons. The molecular weight excluding hydrogens is 385 g/mol. The molecule has 0 saturated heterocycles. The first-order valence-electron chi connectivity index (χ1n) is 6.31. The molecule has 1 aromatic carbocycles. The van der Waals surface area contributed by atoms with Crippen molar-refractivity contribution in [3.8, 4) is 0 Å². The zero-order chi connectivity index (χ0) is 18.4. The lowest BCUT2D eigenvalue weighted by atomic mass is 10.3. The summed E-state index contributed by atoms with van der Waals surface area (Å²) in [5, 5.41) is 9.20. The van der Waals surface area contributed by atoms with Crippen molar-refractivity contribution >= 4 is 50.2 Å². The number of carboxylic acid groups (broad SMARTS) is 1. The van der Waals surface area contributed by atoms with Crippen molar-refractivity contribution in [2.75, 3.05) is 10.7 Å². The molecule has 0 fully saturated rings. The van der Waals surface area contributed by atoms with Gasteiger partial charge in [0.05, 0.1) is 27.3 Å². The zero-order valence-corrected chi connectivity index (χ0v) is 14.6. The molecule has 1 unspecified atom stereocenters. The summed E-state index contributed by atoms with van der Waals surface area (Å²) in [6.45, 7) is 1.06. The third kappa shape index (κ3) is 3.12. The Labute approximate surface area is 145 Å². The standard InChI is InChI=1S/C12H11Cl2N3O6S/c1-5(12(20)21)17(24(2,22)23)16-9-4-7(14)6(13)3-8(9)15-10(18)11(16)19/h3-5H,1-2H3,(H,15,18)(H,20,21). The van der Waals surface area contributed by atoms with Gasteiger partial charge < -0.3 is 10.1 Å². The maximum Gasteiger partial charge on any atom is 0.336 e. The molecule has 0 spiro atoms. The largest absolute Gasteiger partial charge is 0.480 e. The second kappa shape index (κ2) is 6.11. The molecule has 0 bridgehead atoms. The number of aliphatic carboxylic acids is 1. The number of nitrogens with one attached hydrogen (secondary N) is 1. The third-order valence-electron chi connectivity index (χ3n) is 3.13. The van der Waals surface area contributed by atoms with Crippen LogP contribution in [-0.4, -0.2) is 41.5 Å². The van der Waals surface area contributed by atoms with E-state index in [1.165, 1.54) is 6.07 Å². The lowest BCUT2D eigenvalue weighted by Crippen LogP contribution is -2.56. The van der Waals surface area contributed by atoms with Crippen LogP contribution in [0.3, 0.4) is 0 Å². The van der Waals surface area contributed by atoms with Crippen LogP contribution in [0.25, 0.3) is 11.0 Å². The minimum atomic E-state index is -4.23. The van der Waals surface area contributed by atoms with Gasteiger partial charge in [0.15, 0.2) is 6.04 Å². The molecule has 0 aliphatic heterocycles. The second-order valence-electron chi connectivity index (χ2n) is 4.90. The summed E-state index contributed by atoms with van der Waals surface area (Å²) in [6, 6.07) is 0.725. The van der Waals surface area contributed by atoms with Crippen LogP contribution in [0.1, 0.15) is 6.92 Å². The number of sulfonamides is 1. The highest BCUT2D eigenvalue weighted by molar-refractivity contribution is 7.91. The van der Waals surface area contributed by atoms with E-state index < -0.39 is 33.2 Å². The predicted molar refractivity (Wildman–Crippen MR) is 89.0 cm³/mol. The van der Waals surface area contributed by atoms with Crippen LogP contribution in [-0.2, 0) is 14.8 Å². The average Bonchev–Trinajstić information content (AvgIpc) is 2.44. The molecule has 0 amide bonds. The first kappa shape index (κ1) is 18.3. The number of halogens is 2. The monoisotopic (exact) mass is 395 g/mol. The van der Waals surface area contributed by atoms with Crippen molar-refractivity contribution < 1.29 is 18.3 Å². The van der Waals surface area contributed by atoms with Crippen molar-refractivity contribution in [2.24, 2.45) is 0 Å². The van der Waals surface area contributed by atoms with Crippen molar-refractivity contribution in [3.05, 3.63) is 42.9 Å². The lowest BCUT2D eigenvalue weighted by molar-refractivity contribution is -0.138. The van der Waals surface area contributed by atoms with Gasteiger partial charge in [-0.2, -0.15) is 4.41 Å². The second-order valence-corrected chi connectivity index (χ2v) is 7.56. The topological polar surface area (TPSA) is 130 Å². The molecule has 0 aliphatic carbocycles. The van der Waals surface area contributed by atoms with Crippen LogP contribution in [0.2, 0.25) is 10.0 Å². The number of hydrogen-bond donors (Lipinski definition) is 2. The van der Waals surface area contributed by atoms with Gasteiger partial charge in [0, 0.05) is 0 Å². The average molecular weight is 396 g/mol. The number of carboxylic acids is 1. The van der Waals surface area contributed by atoms with Gasteiger partial charge in [-0.1, -0.05) is 23.2 Å². The van der Waals surface area contributed by atoms with Crippen LogP contribution < -0.4 is 15.5 Å². The van der Waals surface area contributed by atoms with Crippen molar-refractivity contribution in [2.45, 2.75) is 13.0 Å². The number of rotatable bonds is 4. The number of nitrogens with zero attached hydrogens (tertiary/aromatic N) is 2. The minimum absolute atomic E-state index is 0.0132. The molecule has 0 aliphatic rings. The molecule has 0 saturated carbocycles. The van der Waals surface area contributed by atoms with E-state index in [1.54, 1.807) is 0 Å². The molecular formula is C12H11Cl2N3O6S. The summed E-state index contributed by atoms with van der Waals surface area (Å²) >= 11 is 11.7. The van der Waals surface area contributed by atoms with Crippen LogP contribution in [0, 0.1) is 0 Å². The van der Waals surface area contributed by atoms with Gasteiger partial charge >= 0.3 is 17.1 Å². The zero-order valence-electron chi connectivity index (χ0n) is 12.3. The number of benzene rings is 1. The summed E-state index contributed by atoms with van der Waals surface area (Å²) in [6.07, 6.45) is 0.712. The fourth-order valence-electron chi connectivity index (χ4n) is 2.09. The number of carbonyl (C=O) groups is 1. The van der Waals surface area contributed by atoms with Crippen LogP contribution >= 0.6 is 23.2 Å². The van der Waals surface area contributed by atoms with Crippen LogP contribution in [0.15, 0.2) is 21.7 Å². The van der Waals surface area contributed by atoms with E-state index in [-0.39, 0.29) is 21.1 Å². The molecule has 2 aromatic rings. The third-order valence-corrected chi connectivity index (χ3v) is 5.01. The summed E-state index contributed by atoms with van der Waals surface area (Å²) in [5.74, 6) is -1.51. The molecule has 1 aromatic heterocycles. The highest BCUT2D eigenvalue weighted by atomic mass is 35.5. The Bertz CT molecular complexity index is 1060. The smallest absolute Gasteiger partial charge is 0.336 e. The Morgan fingerprint density at radius 2 is 1.83 bits per heavy atom. The number of aromatic amines is 1. The molecule has 2 N–H and O–H groups in total. The summed E-state index contributed by atoms with van der Waals surface area (Å²) in [4.78, 5) is 37.6. The van der Waals surface area contributed by atoms with Crippen molar-refractivity contribution in [3.63, 3.8) is 0 Å². The Kier molecular flexibility index (Phi) is 4.66. The molecule has 1 heterocycles. The summed E-state index contributed by atoms with van der Waals surface area (Å²) in [7, 11) is -4.23. The summed E-state index contributed by atoms with van der Waals surface area (Å²) in [5.41, 5.74) is -2.53. The lowest BCUT2D eigenvalue weighted by Gasteiger charge is -2.28. The highest BCUT2D eigenvalue weighted by Gasteiger charge is 2.32. The van der Waals surface area contributed by atoms with Crippen LogP contribution in [0.5, 0.6) is 0 Å². The van der Waals surface area contributed by atoms with E-state index in [0.717, 1.165) is 13.0 Å². The fourth-order valence-corrected chi connectivity index (χ4v) is 3.54. The van der Waals surface area contributed by atoms with Crippen molar-refractivity contribution in [1.29, 1.82) is 0 Å². The Hall–Kier alpha value is -2.04. The Morgan fingerprint density at radius 1 is 1.29 bits per heavy atom. The maximum atomic E-state index is 12.2. The number of fused-ring (bicyclic) bond motifs is 1. The van der Waals surface area contributed by atoms with Gasteiger partial charge in [0.1, 0.15) is 0 Å². The maximum absolute atomic E-state index is 12.2. The van der Waals surface area contributed by atoms with Crippen LogP contribution in [0.4, 0.5) is 0 Å². The Balaban J connectivity index is 3.04. The SMILES string of the molecule is CC(C(=O)O)N(n1c(=O)c(=O)[nH]c2cc(Cl)c(Cl)cc21)S(C)(=O)=O. The predicted octanol–water partition coefficient (Wildman–Crippen LogP) is 0.367. The van der Waals surface area contributed by atoms with E-state index in [0.29, 0.717) is 15.3 Å². The normalized spacial score (nSPS) is 13.0. The van der Waals surface area contributed by atoms with E-state index >= 15 is 0 Å². The van der Waals surface area contributed by atoms with Gasteiger partial charge in [-0.05, 0) is 19.1 Å². The molecule has 24 heavy (non-hydrogen) atoms. The molecule has 130 valence electrons. The first-order valence-corrected chi connectivity index (χ1v) is 8.92.